The number of rotatable bonds is 7. The fraction of sp³-hybridized carbons (Fsp3) is 0.375. The van der Waals surface area contributed by atoms with Gasteiger partial charge >= 0.3 is 5.97 Å². The van der Waals surface area contributed by atoms with Crippen LogP contribution in [0.5, 0.6) is 5.75 Å². The molecule has 0 unspecified atom stereocenters. The SMILES string of the molecule is CCCCOc1ccccc1NC(=O)/C(C)=C(/C)C(=O)O. The number of carbonyl (C=O) groups excluding carboxylic acids is 1. The molecule has 0 bridgehead atoms. The molecule has 21 heavy (non-hydrogen) atoms. The number of ether oxygens (including phenoxy) is 1. The number of hydrogen-bond donors (Lipinski definition) is 2. The van der Waals surface area contributed by atoms with Gasteiger partial charge in [-0.3, -0.25) is 4.79 Å². The van der Waals surface area contributed by atoms with Crippen LogP contribution in [0.3, 0.4) is 0 Å². The molecule has 0 saturated heterocycles. The Morgan fingerprint density at radius 2 is 1.86 bits per heavy atom. The monoisotopic (exact) mass is 291 g/mol. The summed E-state index contributed by atoms with van der Waals surface area (Å²) in [5, 5.41) is 11.6. The van der Waals surface area contributed by atoms with E-state index in [1.54, 1.807) is 18.2 Å². The van der Waals surface area contributed by atoms with Crippen LogP contribution in [-0.4, -0.2) is 23.6 Å². The summed E-state index contributed by atoms with van der Waals surface area (Å²) in [5.41, 5.74) is 0.735. The minimum Gasteiger partial charge on any atom is -0.491 e. The Balaban J connectivity index is 2.85. The first-order valence-electron chi connectivity index (χ1n) is 6.91. The molecule has 0 radical (unpaired) electrons. The second-order valence-electron chi connectivity index (χ2n) is 4.71. The summed E-state index contributed by atoms with van der Waals surface area (Å²) in [6, 6.07) is 7.10. The number of anilines is 1. The number of carbonyl (C=O) groups is 2. The smallest absolute Gasteiger partial charge is 0.331 e. The lowest BCUT2D eigenvalue weighted by molar-refractivity contribution is -0.133. The molecule has 0 aromatic heterocycles. The molecule has 0 fully saturated rings. The zero-order valence-electron chi connectivity index (χ0n) is 12.6. The maximum absolute atomic E-state index is 12.1. The predicted octanol–water partition coefficient (Wildman–Crippen LogP) is 3.23. The Kier molecular flexibility index (Phi) is 6.46. The third-order valence-corrected chi connectivity index (χ3v) is 3.11. The largest absolute Gasteiger partial charge is 0.491 e. The van der Waals surface area contributed by atoms with Crippen molar-refractivity contribution in [2.24, 2.45) is 0 Å². The van der Waals surface area contributed by atoms with E-state index in [2.05, 4.69) is 12.2 Å². The van der Waals surface area contributed by atoms with E-state index >= 15 is 0 Å². The predicted molar refractivity (Wildman–Crippen MR) is 81.5 cm³/mol. The quantitative estimate of drug-likeness (QED) is 0.597. The highest BCUT2D eigenvalue weighted by atomic mass is 16.5. The number of carboxylic acids is 1. The molecule has 5 heteroatoms. The highest BCUT2D eigenvalue weighted by Crippen LogP contribution is 2.24. The van der Waals surface area contributed by atoms with Crippen molar-refractivity contribution in [3.05, 3.63) is 35.4 Å². The first kappa shape index (κ1) is 16.8. The Bertz CT molecular complexity index is 549. The molecule has 0 aliphatic heterocycles. The van der Waals surface area contributed by atoms with Crippen LogP contribution >= 0.6 is 0 Å². The van der Waals surface area contributed by atoms with Crippen molar-refractivity contribution in [3.8, 4) is 5.75 Å². The van der Waals surface area contributed by atoms with Crippen LogP contribution in [0.25, 0.3) is 0 Å². The van der Waals surface area contributed by atoms with E-state index in [0.29, 0.717) is 18.0 Å². The Labute approximate surface area is 124 Å². The normalized spacial score (nSPS) is 11.6. The van der Waals surface area contributed by atoms with Crippen LogP contribution in [0.4, 0.5) is 5.69 Å². The van der Waals surface area contributed by atoms with Gasteiger partial charge in [-0.05, 0) is 32.4 Å². The molecule has 0 atom stereocenters. The summed E-state index contributed by atoms with van der Waals surface area (Å²) in [6.07, 6.45) is 1.95. The molecule has 114 valence electrons. The van der Waals surface area contributed by atoms with Crippen molar-refractivity contribution in [1.82, 2.24) is 0 Å². The summed E-state index contributed by atoms with van der Waals surface area (Å²) in [4.78, 5) is 22.9. The molecule has 0 aliphatic carbocycles. The number of hydrogen-bond acceptors (Lipinski definition) is 3. The zero-order chi connectivity index (χ0) is 15.8. The van der Waals surface area contributed by atoms with Crippen molar-refractivity contribution in [3.63, 3.8) is 0 Å². The van der Waals surface area contributed by atoms with Crippen LogP contribution in [-0.2, 0) is 9.59 Å². The van der Waals surface area contributed by atoms with E-state index in [1.165, 1.54) is 13.8 Å². The number of benzene rings is 1. The van der Waals surface area contributed by atoms with E-state index < -0.39 is 11.9 Å². The first-order chi connectivity index (χ1) is 9.97. The minimum atomic E-state index is -1.10. The molecule has 0 saturated carbocycles. The summed E-state index contributed by atoms with van der Waals surface area (Å²) in [6.45, 7) is 5.53. The zero-order valence-corrected chi connectivity index (χ0v) is 12.6. The van der Waals surface area contributed by atoms with Crippen LogP contribution < -0.4 is 10.1 Å². The van der Waals surface area contributed by atoms with Gasteiger partial charge in [-0.2, -0.15) is 0 Å². The van der Waals surface area contributed by atoms with Crippen LogP contribution in [0.2, 0.25) is 0 Å². The summed E-state index contributed by atoms with van der Waals surface area (Å²) in [7, 11) is 0. The van der Waals surface area contributed by atoms with Crippen LogP contribution in [0.1, 0.15) is 33.6 Å². The lowest BCUT2D eigenvalue weighted by Gasteiger charge is -2.12. The van der Waals surface area contributed by atoms with Crippen LogP contribution in [0.15, 0.2) is 35.4 Å². The van der Waals surface area contributed by atoms with Gasteiger partial charge in [-0.25, -0.2) is 4.79 Å². The Morgan fingerprint density at radius 1 is 1.19 bits per heavy atom. The van der Waals surface area contributed by atoms with Crippen molar-refractivity contribution in [2.45, 2.75) is 33.6 Å². The molecule has 1 aromatic rings. The van der Waals surface area contributed by atoms with Gasteiger partial charge in [-0.15, -0.1) is 0 Å². The number of carboxylic acid groups (broad SMARTS) is 1. The van der Waals surface area contributed by atoms with E-state index in [4.69, 9.17) is 9.84 Å². The third kappa shape index (κ3) is 4.95. The average Bonchev–Trinajstić information content (AvgIpc) is 2.47. The van der Waals surface area contributed by atoms with E-state index in [0.717, 1.165) is 12.8 Å². The highest BCUT2D eigenvalue weighted by molar-refractivity contribution is 6.08. The second-order valence-corrected chi connectivity index (χ2v) is 4.71. The molecule has 5 nitrogen and oxygen atoms in total. The van der Waals surface area contributed by atoms with Gasteiger partial charge in [0, 0.05) is 11.1 Å². The minimum absolute atomic E-state index is 0.0249. The van der Waals surface area contributed by atoms with Gasteiger partial charge in [0.1, 0.15) is 5.75 Å². The lowest BCUT2D eigenvalue weighted by atomic mass is 10.1. The second kappa shape index (κ2) is 8.09. The first-order valence-corrected chi connectivity index (χ1v) is 6.91. The Morgan fingerprint density at radius 3 is 2.48 bits per heavy atom. The fourth-order valence-corrected chi connectivity index (χ4v) is 1.57. The number of amides is 1. The molecule has 1 rings (SSSR count). The molecular weight excluding hydrogens is 270 g/mol. The lowest BCUT2D eigenvalue weighted by Crippen LogP contribution is -2.17. The number of unbranched alkanes of at least 4 members (excludes halogenated alkanes) is 1. The van der Waals surface area contributed by atoms with Crippen LogP contribution in [0, 0.1) is 0 Å². The maximum Gasteiger partial charge on any atom is 0.331 e. The fourth-order valence-electron chi connectivity index (χ4n) is 1.57. The van der Waals surface area contributed by atoms with Crippen molar-refractivity contribution < 1.29 is 19.4 Å². The number of nitrogens with one attached hydrogen (secondary N) is 1. The van der Waals surface area contributed by atoms with Gasteiger partial charge in [-0.1, -0.05) is 25.5 Å². The molecule has 0 spiro atoms. The molecule has 1 aromatic carbocycles. The summed E-state index contributed by atoms with van der Waals surface area (Å²) >= 11 is 0. The third-order valence-electron chi connectivity index (χ3n) is 3.11. The van der Waals surface area contributed by atoms with E-state index in [-0.39, 0.29) is 11.1 Å². The number of para-hydroxylation sites is 2. The van der Waals surface area contributed by atoms with Crippen molar-refractivity contribution in [1.29, 1.82) is 0 Å². The molecule has 0 heterocycles. The van der Waals surface area contributed by atoms with Gasteiger partial charge in [0.2, 0.25) is 0 Å². The van der Waals surface area contributed by atoms with Gasteiger partial charge < -0.3 is 15.2 Å². The van der Waals surface area contributed by atoms with E-state index in [9.17, 15) is 9.59 Å². The molecule has 0 aliphatic rings. The number of aliphatic carboxylic acids is 1. The highest BCUT2D eigenvalue weighted by Gasteiger charge is 2.14. The average molecular weight is 291 g/mol. The molecule has 1 amide bonds. The van der Waals surface area contributed by atoms with Gasteiger partial charge in [0.15, 0.2) is 0 Å². The topological polar surface area (TPSA) is 75.6 Å². The Hall–Kier alpha value is -2.30. The summed E-state index contributed by atoms with van der Waals surface area (Å²) in [5.74, 6) is -0.961. The van der Waals surface area contributed by atoms with Crippen molar-refractivity contribution in [2.75, 3.05) is 11.9 Å². The molecular formula is C16H21NO4. The molecule has 2 N–H and O–H groups in total. The standard InChI is InChI=1S/C16H21NO4/c1-4-5-10-21-14-9-7-6-8-13(14)17-15(18)11(2)12(3)16(19)20/h6-9H,4-5,10H2,1-3H3,(H,17,18)(H,19,20)/b12-11-. The van der Waals surface area contributed by atoms with Gasteiger partial charge in [0.05, 0.1) is 12.3 Å². The van der Waals surface area contributed by atoms with Gasteiger partial charge in [0.25, 0.3) is 5.91 Å². The van der Waals surface area contributed by atoms with Crippen molar-refractivity contribution >= 4 is 17.6 Å². The van der Waals surface area contributed by atoms with E-state index in [1.807, 2.05) is 6.07 Å². The maximum atomic E-state index is 12.1. The summed E-state index contributed by atoms with van der Waals surface area (Å²) < 4.78 is 5.62.